The lowest BCUT2D eigenvalue weighted by atomic mass is 10.1. The van der Waals surface area contributed by atoms with Crippen molar-refractivity contribution in [3.05, 3.63) is 12.2 Å². The molecule has 0 aliphatic carbocycles. The molecule has 0 radical (unpaired) electrons. The van der Waals surface area contributed by atoms with Gasteiger partial charge in [0.05, 0.1) is 6.61 Å². The average molecular weight is 170 g/mol. The van der Waals surface area contributed by atoms with Crippen molar-refractivity contribution in [2.75, 3.05) is 6.61 Å². The molecule has 0 saturated carbocycles. The summed E-state index contributed by atoms with van der Waals surface area (Å²) in [4.78, 5) is 10.9. The van der Waals surface area contributed by atoms with Crippen LogP contribution in [-0.4, -0.2) is 12.6 Å². The predicted molar refractivity (Wildman–Crippen MR) is 49.9 cm³/mol. The molecule has 0 fully saturated rings. The van der Waals surface area contributed by atoms with E-state index in [0.29, 0.717) is 13.0 Å². The Morgan fingerprint density at radius 2 is 1.92 bits per heavy atom. The van der Waals surface area contributed by atoms with E-state index in [1.54, 1.807) is 0 Å². The van der Waals surface area contributed by atoms with Crippen LogP contribution in [0.25, 0.3) is 0 Å². The summed E-state index contributed by atoms with van der Waals surface area (Å²) >= 11 is 0. The quantitative estimate of drug-likeness (QED) is 0.452. The third kappa shape index (κ3) is 5.96. The minimum absolute atomic E-state index is 0.116. The molecule has 2 nitrogen and oxygen atoms in total. The molecular weight excluding hydrogens is 152 g/mol. The van der Waals surface area contributed by atoms with Crippen molar-refractivity contribution in [2.24, 2.45) is 0 Å². The Labute approximate surface area is 74.6 Å². The van der Waals surface area contributed by atoms with Crippen LogP contribution in [0.1, 0.15) is 39.5 Å². The third-order valence-electron chi connectivity index (χ3n) is 1.59. The first-order valence-electron chi connectivity index (χ1n) is 4.53. The average Bonchev–Trinajstić information content (AvgIpc) is 2.02. The van der Waals surface area contributed by atoms with E-state index in [1.807, 2.05) is 6.92 Å². The van der Waals surface area contributed by atoms with Crippen LogP contribution in [0.5, 0.6) is 0 Å². The zero-order chi connectivity index (χ0) is 9.40. The molecule has 0 atom stereocenters. The van der Waals surface area contributed by atoms with Crippen molar-refractivity contribution in [3.8, 4) is 0 Å². The number of esters is 1. The summed E-state index contributed by atoms with van der Waals surface area (Å²) in [5, 5.41) is 0. The van der Waals surface area contributed by atoms with Gasteiger partial charge in [-0.15, -0.1) is 0 Å². The molecule has 0 spiro atoms. The molecule has 0 saturated heterocycles. The monoisotopic (exact) mass is 170 g/mol. The molecule has 0 unspecified atom stereocenters. The minimum Gasteiger partial charge on any atom is -0.466 e. The maximum Gasteiger partial charge on any atom is 0.306 e. The van der Waals surface area contributed by atoms with E-state index >= 15 is 0 Å². The van der Waals surface area contributed by atoms with Crippen LogP contribution in [0.15, 0.2) is 12.2 Å². The van der Waals surface area contributed by atoms with Gasteiger partial charge in [0, 0.05) is 6.42 Å². The van der Waals surface area contributed by atoms with Crippen LogP contribution in [0.2, 0.25) is 0 Å². The van der Waals surface area contributed by atoms with Gasteiger partial charge in [-0.25, -0.2) is 0 Å². The van der Waals surface area contributed by atoms with E-state index in [1.165, 1.54) is 0 Å². The van der Waals surface area contributed by atoms with Gasteiger partial charge in [0.1, 0.15) is 0 Å². The Balaban J connectivity index is 3.40. The number of rotatable bonds is 6. The summed E-state index contributed by atoms with van der Waals surface area (Å²) in [5.41, 5.74) is 1.14. The normalized spacial score (nSPS) is 9.50. The topological polar surface area (TPSA) is 26.3 Å². The number of ether oxygens (including phenoxy) is 1. The summed E-state index contributed by atoms with van der Waals surface area (Å²) in [6.07, 6.45) is 3.36. The number of allylic oxidation sites excluding steroid dienone is 1. The molecule has 70 valence electrons. The first-order valence-corrected chi connectivity index (χ1v) is 4.53. The van der Waals surface area contributed by atoms with Crippen molar-refractivity contribution in [3.63, 3.8) is 0 Å². The fourth-order valence-electron chi connectivity index (χ4n) is 0.991. The van der Waals surface area contributed by atoms with Crippen molar-refractivity contribution < 1.29 is 9.53 Å². The van der Waals surface area contributed by atoms with Crippen molar-refractivity contribution >= 4 is 5.97 Å². The van der Waals surface area contributed by atoms with Crippen LogP contribution in [0, 0.1) is 0 Å². The van der Waals surface area contributed by atoms with Crippen LogP contribution in [0.4, 0.5) is 0 Å². The number of hydrogen-bond donors (Lipinski definition) is 0. The SMILES string of the molecule is C=C(CCC)CCC(=O)OCC. The number of hydrogen-bond acceptors (Lipinski definition) is 2. The van der Waals surface area contributed by atoms with Crippen LogP contribution < -0.4 is 0 Å². The second-order valence-corrected chi connectivity index (χ2v) is 2.81. The first-order chi connectivity index (χ1) is 5.70. The molecule has 0 heterocycles. The maximum atomic E-state index is 10.9. The lowest BCUT2D eigenvalue weighted by molar-refractivity contribution is -0.143. The van der Waals surface area contributed by atoms with Gasteiger partial charge in [0.15, 0.2) is 0 Å². The zero-order valence-corrected chi connectivity index (χ0v) is 8.06. The molecule has 0 N–H and O–H groups in total. The van der Waals surface area contributed by atoms with Crippen LogP contribution >= 0.6 is 0 Å². The lowest BCUT2D eigenvalue weighted by Crippen LogP contribution is -2.03. The second kappa shape index (κ2) is 6.89. The fourth-order valence-corrected chi connectivity index (χ4v) is 0.991. The van der Waals surface area contributed by atoms with Crippen molar-refractivity contribution in [1.29, 1.82) is 0 Å². The number of carbonyl (C=O) groups is 1. The van der Waals surface area contributed by atoms with Gasteiger partial charge in [-0.05, 0) is 19.8 Å². The van der Waals surface area contributed by atoms with Crippen molar-refractivity contribution in [2.45, 2.75) is 39.5 Å². The van der Waals surface area contributed by atoms with E-state index < -0.39 is 0 Å². The van der Waals surface area contributed by atoms with Gasteiger partial charge in [-0.2, -0.15) is 0 Å². The standard InChI is InChI=1S/C10H18O2/c1-4-6-9(3)7-8-10(11)12-5-2/h3-8H2,1-2H3. The van der Waals surface area contributed by atoms with Gasteiger partial charge in [0.25, 0.3) is 0 Å². The molecule has 12 heavy (non-hydrogen) atoms. The van der Waals surface area contributed by atoms with Gasteiger partial charge in [-0.1, -0.05) is 25.5 Å². The van der Waals surface area contributed by atoms with E-state index in [9.17, 15) is 4.79 Å². The third-order valence-corrected chi connectivity index (χ3v) is 1.59. The molecule has 2 heteroatoms. The maximum absolute atomic E-state index is 10.9. The molecule has 0 rings (SSSR count). The molecule has 0 aliphatic rings. The minimum atomic E-state index is -0.116. The highest BCUT2D eigenvalue weighted by molar-refractivity contribution is 5.69. The van der Waals surface area contributed by atoms with Gasteiger partial charge < -0.3 is 4.74 Å². The Bertz CT molecular complexity index is 132. The highest BCUT2D eigenvalue weighted by atomic mass is 16.5. The Morgan fingerprint density at radius 3 is 2.42 bits per heavy atom. The van der Waals surface area contributed by atoms with E-state index in [2.05, 4.69) is 13.5 Å². The second-order valence-electron chi connectivity index (χ2n) is 2.81. The molecule has 0 aromatic rings. The lowest BCUT2D eigenvalue weighted by Gasteiger charge is -2.03. The Morgan fingerprint density at radius 1 is 1.25 bits per heavy atom. The molecule has 0 amide bonds. The fraction of sp³-hybridized carbons (Fsp3) is 0.700. The molecule has 0 aliphatic heterocycles. The molecule has 0 aromatic heterocycles. The highest BCUT2D eigenvalue weighted by Crippen LogP contribution is 2.09. The van der Waals surface area contributed by atoms with Crippen LogP contribution in [-0.2, 0) is 9.53 Å². The van der Waals surface area contributed by atoms with Crippen molar-refractivity contribution in [1.82, 2.24) is 0 Å². The van der Waals surface area contributed by atoms with Gasteiger partial charge >= 0.3 is 5.97 Å². The van der Waals surface area contributed by atoms with Crippen LogP contribution in [0.3, 0.4) is 0 Å². The van der Waals surface area contributed by atoms with E-state index in [0.717, 1.165) is 24.8 Å². The highest BCUT2D eigenvalue weighted by Gasteiger charge is 2.01. The summed E-state index contributed by atoms with van der Waals surface area (Å²) in [6, 6.07) is 0. The summed E-state index contributed by atoms with van der Waals surface area (Å²) in [6.45, 7) is 8.26. The van der Waals surface area contributed by atoms with Gasteiger partial charge in [0.2, 0.25) is 0 Å². The Kier molecular flexibility index (Phi) is 6.44. The largest absolute Gasteiger partial charge is 0.466 e. The van der Waals surface area contributed by atoms with E-state index in [-0.39, 0.29) is 5.97 Å². The molecule has 0 bridgehead atoms. The van der Waals surface area contributed by atoms with Gasteiger partial charge in [-0.3, -0.25) is 4.79 Å². The summed E-state index contributed by atoms with van der Waals surface area (Å²) in [5.74, 6) is -0.116. The van der Waals surface area contributed by atoms with E-state index in [4.69, 9.17) is 4.74 Å². The molecule has 0 aromatic carbocycles. The smallest absolute Gasteiger partial charge is 0.306 e. The summed E-state index contributed by atoms with van der Waals surface area (Å²) in [7, 11) is 0. The summed E-state index contributed by atoms with van der Waals surface area (Å²) < 4.78 is 4.79. The predicted octanol–water partition coefficient (Wildman–Crippen LogP) is 2.69. The Hall–Kier alpha value is -0.790. The zero-order valence-electron chi connectivity index (χ0n) is 8.06. The number of carbonyl (C=O) groups excluding carboxylic acids is 1. The first kappa shape index (κ1) is 11.2. The molecular formula is C10H18O2.